The number of ether oxygens (including phenoxy) is 1. The number of imide groups is 1. The van der Waals surface area contributed by atoms with Gasteiger partial charge in [-0.1, -0.05) is 5.92 Å². The molecule has 1 aliphatic carbocycles. The van der Waals surface area contributed by atoms with Gasteiger partial charge in [0.25, 0.3) is 5.91 Å². The molecule has 37 heavy (non-hydrogen) atoms. The molecule has 192 valence electrons. The van der Waals surface area contributed by atoms with Crippen molar-refractivity contribution in [3.05, 3.63) is 58.4 Å². The maximum atomic E-state index is 13.4. The fourth-order valence-corrected chi connectivity index (χ4v) is 5.59. The Kier molecular flexibility index (Phi) is 7.44. The Morgan fingerprint density at radius 1 is 1.08 bits per heavy atom. The lowest BCUT2D eigenvalue weighted by molar-refractivity contribution is -0.138. The summed E-state index contributed by atoms with van der Waals surface area (Å²) in [6.45, 7) is 6.34. The Bertz CT molecular complexity index is 1290. The first-order chi connectivity index (χ1) is 17.7. The highest BCUT2D eigenvalue weighted by atomic mass is 16.5. The molecule has 1 saturated heterocycles. The van der Waals surface area contributed by atoms with Gasteiger partial charge in [0.15, 0.2) is 0 Å². The minimum atomic E-state index is -0.747. The van der Waals surface area contributed by atoms with Crippen molar-refractivity contribution in [2.24, 2.45) is 5.41 Å². The number of carbonyl (C=O) groups excluding carboxylic acids is 4. The largest absolute Gasteiger partial charge is 0.497 e. The van der Waals surface area contributed by atoms with E-state index >= 15 is 0 Å². The van der Waals surface area contributed by atoms with Gasteiger partial charge in [-0.2, -0.15) is 0 Å². The predicted octanol–water partition coefficient (Wildman–Crippen LogP) is 3.73. The van der Waals surface area contributed by atoms with E-state index in [9.17, 15) is 19.2 Å². The molecule has 0 radical (unpaired) electrons. The standard InChI is InChI=1S/C29H31N3O5/c1-5-6-20-13-18(2)25(19(3)14-20)26-23(33)16-29(17-24(26)34)8-11-32(12-9-29)28(36)31-27(35)22-15-21(37-4)7-10-30-22/h7,10,13-15,26H,8-9,11-12,16-17H2,1-4H3,(H,31,35,36). The zero-order valence-corrected chi connectivity index (χ0v) is 21.6. The minimum absolute atomic E-state index is 0.0612. The van der Waals surface area contributed by atoms with Crippen LogP contribution in [0.5, 0.6) is 5.75 Å². The van der Waals surface area contributed by atoms with Gasteiger partial charge in [0.2, 0.25) is 0 Å². The first-order valence-electron chi connectivity index (χ1n) is 12.4. The molecule has 1 spiro atoms. The van der Waals surface area contributed by atoms with Crippen LogP contribution in [0.2, 0.25) is 0 Å². The first-order valence-corrected chi connectivity index (χ1v) is 12.4. The van der Waals surface area contributed by atoms with Crippen LogP contribution in [0.15, 0.2) is 30.5 Å². The molecule has 1 aromatic heterocycles. The van der Waals surface area contributed by atoms with Gasteiger partial charge in [-0.05, 0) is 73.9 Å². The van der Waals surface area contributed by atoms with Crippen LogP contribution >= 0.6 is 0 Å². The Hall–Kier alpha value is -3.99. The lowest BCUT2D eigenvalue weighted by atomic mass is 9.62. The first kappa shape index (κ1) is 26.1. The van der Waals surface area contributed by atoms with Gasteiger partial charge in [-0.25, -0.2) is 4.79 Å². The van der Waals surface area contributed by atoms with Gasteiger partial charge in [0.05, 0.1) is 7.11 Å². The third-order valence-electron chi connectivity index (χ3n) is 7.43. The number of hydrogen-bond acceptors (Lipinski definition) is 6. The number of piperidine rings is 1. The lowest BCUT2D eigenvalue weighted by Crippen LogP contribution is -2.51. The predicted molar refractivity (Wildman–Crippen MR) is 137 cm³/mol. The second-order valence-electron chi connectivity index (χ2n) is 9.95. The zero-order valence-electron chi connectivity index (χ0n) is 21.6. The normalized spacial score (nSPS) is 17.2. The third kappa shape index (κ3) is 5.41. The number of likely N-dealkylation sites (tertiary alicyclic amines) is 1. The number of amides is 3. The number of hydrogen-bond donors (Lipinski definition) is 1. The Morgan fingerprint density at radius 2 is 1.70 bits per heavy atom. The number of rotatable bonds is 3. The van der Waals surface area contributed by atoms with Crippen LogP contribution in [0.4, 0.5) is 4.79 Å². The second-order valence-corrected chi connectivity index (χ2v) is 9.95. The molecule has 1 aromatic carbocycles. The topological polar surface area (TPSA) is 106 Å². The number of carbonyl (C=O) groups is 4. The van der Waals surface area contributed by atoms with Crippen molar-refractivity contribution in [3.63, 3.8) is 0 Å². The van der Waals surface area contributed by atoms with Crippen LogP contribution in [-0.2, 0) is 9.59 Å². The number of aromatic nitrogens is 1. The molecule has 2 aromatic rings. The molecule has 8 heteroatoms. The summed E-state index contributed by atoms with van der Waals surface area (Å²) in [6, 6.07) is 6.42. The number of nitrogens with one attached hydrogen (secondary N) is 1. The summed E-state index contributed by atoms with van der Waals surface area (Å²) >= 11 is 0. The molecule has 0 unspecified atom stereocenters. The van der Waals surface area contributed by atoms with E-state index in [0.717, 1.165) is 22.3 Å². The fraction of sp³-hybridized carbons (Fsp3) is 0.414. The summed E-state index contributed by atoms with van der Waals surface area (Å²) in [5.41, 5.74) is 3.11. The maximum Gasteiger partial charge on any atom is 0.324 e. The summed E-state index contributed by atoms with van der Waals surface area (Å²) in [5.74, 6) is 4.91. The molecular formula is C29H31N3O5. The lowest BCUT2D eigenvalue weighted by Gasteiger charge is -2.44. The molecule has 0 bridgehead atoms. The van der Waals surface area contributed by atoms with Crippen molar-refractivity contribution in [3.8, 4) is 17.6 Å². The van der Waals surface area contributed by atoms with E-state index in [1.54, 1.807) is 17.9 Å². The smallest absolute Gasteiger partial charge is 0.324 e. The minimum Gasteiger partial charge on any atom is -0.497 e. The number of aryl methyl sites for hydroxylation is 2. The maximum absolute atomic E-state index is 13.4. The molecular weight excluding hydrogens is 470 g/mol. The van der Waals surface area contributed by atoms with Crippen molar-refractivity contribution in [2.75, 3.05) is 20.2 Å². The van der Waals surface area contributed by atoms with E-state index in [-0.39, 0.29) is 17.3 Å². The van der Waals surface area contributed by atoms with Crippen molar-refractivity contribution < 1.29 is 23.9 Å². The fourth-order valence-electron chi connectivity index (χ4n) is 5.59. The van der Waals surface area contributed by atoms with Crippen molar-refractivity contribution >= 4 is 23.5 Å². The Morgan fingerprint density at radius 3 is 2.27 bits per heavy atom. The molecule has 2 fully saturated rings. The van der Waals surface area contributed by atoms with Crippen LogP contribution < -0.4 is 10.1 Å². The van der Waals surface area contributed by atoms with E-state index in [2.05, 4.69) is 22.1 Å². The molecule has 1 aliphatic heterocycles. The average Bonchev–Trinajstić information content (AvgIpc) is 2.85. The van der Waals surface area contributed by atoms with Crippen molar-refractivity contribution in [2.45, 2.75) is 52.4 Å². The van der Waals surface area contributed by atoms with Crippen LogP contribution in [-0.4, -0.2) is 53.6 Å². The number of methoxy groups -OCH3 is 1. The summed E-state index contributed by atoms with van der Waals surface area (Å²) in [6.07, 6.45) is 3.10. The van der Waals surface area contributed by atoms with Crippen molar-refractivity contribution in [1.82, 2.24) is 15.2 Å². The number of nitrogens with zero attached hydrogens (tertiary/aromatic N) is 2. The Labute approximate surface area is 216 Å². The molecule has 4 rings (SSSR count). The molecule has 8 nitrogen and oxygen atoms in total. The number of ketones is 2. The highest BCUT2D eigenvalue weighted by molar-refractivity contribution is 6.10. The summed E-state index contributed by atoms with van der Waals surface area (Å²) in [4.78, 5) is 57.4. The number of benzene rings is 1. The van der Waals surface area contributed by atoms with Crippen molar-refractivity contribution in [1.29, 1.82) is 0 Å². The highest BCUT2D eigenvalue weighted by Gasteiger charge is 2.48. The van der Waals surface area contributed by atoms with E-state index < -0.39 is 23.3 Å². The number of urea groups is 1. The third-order valence-corrected chi connectivity index (χ3v) is 7.43. The van der Waals surface area contributed by atoms with Gasteiger partial charge in [0.1, 0.15) is 28.9 Å². The van der Waals surface area contributed by atoms with E-state index in [0.29, 0.717) is 44.5 Å². The van der Waals surface area contributed by atoms with E-state index in [1.807, 2.05) is 26.0 Å². The highest BCUT2D eigenvalue weighted by Crippen LogP contribution is 2.46. The van der Waals surface area contributed by atoms with Gasteiger partial charge < -0.3 is 9.64 Å². The molecule has 3 amide bonds. The average molecular weight is 502 g/mol. The van der Waals surface area contributed by atoms with Gasteiger partial charge >= 0.3 is 6.03 Å². The molecule has 1 saturated carbocycles. The van der Waals surface area contributed by atoms with Crippen LogP contribution in [0, 0.1) is 31.1 Å². The summed E-state index contributed by atoms with van der Waals surface area (Å²) in [7, 11) is 1.48. The summed E-state index contributed by atoms with van der Waals surface area (Å²) < 4.78 is 5.10. The van der Waals surface area contributed by atoms with Gasteiger partial charge in [0, 0.05) is 43.8 Å². The van der Waals surface area contributed by atoms with Gasteiger partial charge in [-0.15, -0.1) is 5.92 Å². The monoisotopic (exact) mass is 501 g/mol. The molecule has 2 aliphatic rings. The number of pyridine rings is 1. The molecule has 0 atom stereocenters. The SMILES string of the molecule is CC#Cc1cc(C)c(C2C(=O)CC3(CCN(C(=O)NC(=O)c4cc(OC)ccn4)CC3)CC2=O)c(C)c1. The Balaban J connectivity index is 1.40. The molecule has 1 N–H and O–H groups in total. The van der Waals surface area contributed by atoms with Crippen LogP contribution in [0.3, 0.4) is 0 Å². The number of Topliss-reactive ketones (excluding diaryl/α,β-unsaturated/α-hetero) is 2. The van der Waals surface area contributed by atoms with Crippen LogP contribution in [0.25, 0.3) is 0 Å². The summed E-state index contributed by atoms with van der Waals surface area (Å²) in [5, 5.41) is 2.37. The molecule has 2 heterocycles. The second kappa shape index (κ2) is 10.6. The van der Waals surface area contributed by atoms with Gasteiger partial charge in [-0.3, -0.25) is 24.7 Å². The zero-order chi connectivity index (χ0) is 26.7. The van der Waals surface area contributed by atoms with Crippen LogP contribution in [0.1, 0.15) is 71.3 Å². The quantitative estimate of drug-likeness (QED) is 0.508. The van der Waals surface area contributed by atoms with E-state index in [4.69, 9.17) is 4.74 Å². The van der Waals surface area contributed by atoms with E-state index in [1.165, 1.54) is 19.4 Å².